The van der Waals surface area contributed by atoms with E-state index in [0.717, 1.165) is 0 Å². The Morgan fingerprint density at radius 3 is 2.46 bits per heavy atom. The molecular weight excluding hydrogens is 344 g/mol. The Balaban J connectivity index is 0.000000187. The van der Waals surface area contributed by atoms with E-state index < -0.39 is 11.9 Å². The van der Waals surface area contributed by atoms with Gasteiger partial charge in [-0.15, -0.1) is 0 Å². The molecule has 8 nitrogen and oxygen atoms in total. The lowest BCUT2D eigenvalue weighted by atomic mass is 10.00. The first-order chi connectivity index (χ1) is 12.5. The molecular formula is C18H24O8. The molecule has 0 bridgehead atoms. The smallest absolute Gasteiger partial charge is 0.208 e. The summed E-state index contributed by atoms with van der Waals surface area (Å²) < 4.78 is 15.8. The first-order valence-electron chi connectivity index (χ1n) is 8.18. The molecule has 0 saturated carbocycles. The lowest BCUT2D eigenvalue weighted by molar-refractivity contribution is -0.0782. The highest BCUT2D eigenvalue weighted by Gasteiger charge is 2.35. The summed E-state index contributed by atoms with van der Waals surface area (Å²) in [5.41, 5.74) is 0.930. The molecule has 2 aliphatic rings. The van der Waals surface area contributed by atoms with Crippen molar-refractivity contribution in [2.75, 3.05) is 33.0 Å². The second-order valence-electron chi connectivity index (χ2n) is 5.62. The summed E-state index contributed by atoms with van der Waals surface area (Å²) in [5, 5.41) is 44.8. The summed E-state index contributed by atoms with van der Waals surface area (Å²) in [6.07, 6.45) is 4.15. The van der Waals surface area contributed by atoms with Crippen molar-refractivity contribution in [3.63, 3.8) is 0 Å². The van der Waals surface area contributed by atoms with Crippen LogP contribution in [-0.4, -0.2) is 70.5 Å². The zero-order valence-electron chi connectivity index (χ0n) is 14.2. The summed E-state index contributed by atoms with van der Waals surface area (Å²) in [4.78, 5) is 0. The van der Waals surface area contributed by atoms with Crippen molar-refractivity contribution < 1.29 is 39.7 Å². The Labute approximate surface area is 151 Å². The van der Waals surface area contributed by atoms with Gasteiger partial charge in [-0.3, -0.25) is 0 Å². The van der Waals surface area contributed by atoms with Gasteiger partial charge in [-0.05, 0) is 35.9 Å². The fourth-order valence-corrected chi connectivity index (χ4v) is 2.45. The van der Waals surface area contributed by atoms with Crippen LogP contribution in [0.25, 0.3) is 0 Å². The van der Waals surface area contributed by atoms with Gasteiger partial charge in [0.25, 0.3) is 0 Å². The van der Waals surface area contributed by atoms with Gasteiger partial charge >= 0.3 is 0 Å². The van der Waals surface area contributed by atoms with Crippen LogP contribution in [0, 0.1) is 0 Å². The molecule has 0 radical (unpaired) electrons. The molecule has 26 heavy (non-hydrogen) atoms. The first kappa shape index (κ1) is 20.4. The number of hydrogen-bond donors (Lipinski definition) is 5. The summed E-state index contributed by atoms with van der Waals surface area (Å²) >= 11 is 0. The molecule has 5 N–H and O–H groups in total. The second kappa shape index (κ2) is 9.67. The number of rotatable bonds is 5. The Morgan fingerprint density at radius 1 is 1.12 bits per heavy atom. The summed E-state index contributed by atoms with van der Waals surface area (Å²) in [7, 11) is 0. The minimum Gasteiger partial charge on any atom is -0.508 e. The zero-order valence-corrected chi connectivity index (χ0v) is 14.2. The van der Waals surface area contributed by atoms with E-state index in [2.05, 4.69) is 0 Å². The highest BCUT2D eigenvalue weighted by molar-refractivity contribution is 5.38. The quantitative estimate of drug-likeness (QED) is 0.453. The van der Waals surface area contributed by atoms with E-state index in [0.29, 0.717) is 30.1 Å². The molecule has 1 aromatic carbocycles. The van der Waals surface area contributed by atoms with Gasteiger partial charge in [0.15, 0.2) is 0 Å². The van der Waals surface area contributed by atoms with Crippen LogP contribution in [0.4, 0.5) is 0 Å². The van der Waals surface area contributed by atoms with Crippen LogP contribution < -0.4 is 4.74 Å². The van der Waals surface area contributed by atoms with E-state index in [1.54, 1.807) is 24.3 Å². The minimum absolute atomic E-state index is 0.0406. The van der Waals surface area contributed by atoms with E-state index in [1.165, 1.54) is 12.1 Å². The molecule has 1 spiro atoms. The van der Waals surface area contributed by atoms with Crippen molar-refractivity contribution in [2.24, 2.45) is 0 Å². The molecule has 3 rings (SSSR count). The third-order valence-electron chi connectivity index (χ3n) is 3.78. The van der Waals surface area contributed by atoms with Gasteiger partial charge < -0.3 is 39.7 Å². The molecule has 0 amide bonds. The maximum absolute atomic E-state index is 9.39. The summed E-state index contributed by atoms with van der Waals surface area (Å²) in [6, 6.07) is 4.55. The lowest BCUT2D eigenvalue weighted by Gasteiger charge is -2.26. The Morgan fingerprint density at radius 2 is 1.85 bits per heavy atom. The van der Waals surface area contributed by atoms with Gasteiger partial charge in [0.05, 0.1) is 39.1 Å². The number of hydrogen-bond acceptors (Lipinski definition) is 8. The summed E-state index contributed by atoms with van der Waals surface area (Å²) in [6.45, 7) is 0.804. The molecule has 144 valence electrons. The number of aliphatic hydroxyl groups is 4. The maximum atomic E-state index is 9.39. The maximum Gasteiger partial charge on any atom is 0.208 e. The van der Waals surface area contributed by atoms with E-state index in [9.17, 15) is 10.2 Å². The molecule has 1 fully saturated rings. The van der Waals surface area contributed by atoms with Crippen LogP contribution in [0.2, 0.25) is 0 Å². The van der Waals surface area contributed by atoms with Gasteiger partial charge in [0, 0.05) is 5.56 Å². The third kappa shape index (κ3) is 5.28. The van der Waals surface area contributed by atoms with Gasteiger partial charge in [-0.25, -0.2) is 0 Å². The Bertz CT molecular complexity index is 634. The number of aromatic hydroxyl groups is 1. The van der Waals surface area contributed by atoms with Gasteiger partial charge in [-0.1, -0.05) is 6.08 Å². The Hall–Kier alpha value is -1.94. The molecule has 1 heterocycles. The topological polar surface area (TPSA) is 129 Å². The van der Waals surface area contributed by atoms with Crippen molar-refractivity contribution >= 4 is 0 Å². The van der Waals surface area contributed by atoms with Crippen molar-refractivity contribution in [3.8, 4) is 11.5 Å². The zero-order chi connectivity index (χ0) is 19.0. The average molecular weight is 368 g/mol. The molecule has 1 saturated heterocycles. The number of aliphatic hydroxyl groups excluding tert-OH is 4. The van der Waals surface area contributed by atoms with Crippen LogP contribution in [0.1, 0.15) is 5.56 Å². The predicted molar refractivity (Wildman–Crippen MR) is 91.6 cm³/mol. The third-order valence-corrected chi connectivity index (χ3v) is 3.78. The van der Waals surface area contributed by atoms with Crippen molar-refractivity contribution in [2.45, 2.75) is 18.5 Å². The molecule has 1 atom stereocenters. The summed E-state index contributed by atoms with van der Waals surface area (Å²) in [5.74, 6) is -0.271. The fraction of sp³-hybridized carbons (Fsp3) is 0.444. The standard InChI is InChI=1S/2C9H12O4/c10-6-7-5-9(2-1-8(7)11)12-3-4-13-9;10-3-4-13-8-1-2-9(12)7(5-8)6-11/h1-2,5,8,10-11H,3-4,6H2;1-2,5,10-12H,3-4,6H2. The van der Waals surface area contributed by atoms with Crippen molar-refractivity contribution in [3.05, 3.63) is 47.6 Å². The molecule has 1 aliphatic heterocycles. The fourth-order valence-electron chi connectivity index (χ4n) is 2.45. The first-order valence-corrected chi connectivity index (χ1v) is 8.18. The monoisotopic (exact) mass is 368 g/mol. The molecule has 1 unspecified atom stereocenters. The van der Waals surface area contributed by atoms with Crippen LogP contribution >= 0.6 is 0 Å². The highest BCUT2D eigenvalue weighted by Crippen LogP contribution is 2.29. The van der Waals surface area contributed by atoms with Crippen LogP contribution in [0.15, 0.2) is 42.0 Å². The molecule has 0 aromatic heterocycles. The van der Waals surface area contributed by atoms with E-state index in [1.807, 2.05) is 0 Å². The van der Waals surface area contributed by atoms with E-state index >= 15 is 0 Å². The van der Waals surface area contributed by atoms with Crippen molar-refractivity contribution in [1.82, 2.24) is 0 Å². The molecule has 8 heteroatoms. The van der Waals surface area contributed by atoms with Crippen LogP contribution in [0.3, 0.4) is 0 Å². The minimum atomic E-state index is -0.836. The lowest BCUT2D eigenvalue weighted by Crippen LogP contribution is -2.31. The second-order valence-corrected chi connectivity index (χ2v) is 5.62. The van der Waals surface area contributed by atoms with Gasteiger partial charge in [-0.2, -0.15) is 0 Å². The SMILES string of the molecule is OCC1=CC2(C=CC1O)OCCO2.OCCOc1ccc(O)c(CO)c1. The number of ether oxygens (including phenoxy) is 3. The van der Waals surface area contributed by atoms with Crippen LogP contribution in [0.5, 0.6) is 11.5 Å². The average Bonchev–Trinajstić information content (AvgIpc) is 3.12. The number of benzene rings is 1. The van der Waals surface area contributed by atoms with Crippen molar-refractivity contribution in [1.29, 1.82) is 0 Å². The van der Waals surface area contributed by atoms with E-state index in [4.69, 9.17) is 29.5 Å². The normalized spacial score (nSPS) is 20.5. The molecule has 1 aromatic rings. The Kier molecular flexibility index (Phi) is 7.58. The highest BCUT2D eigenvalue weighted by atomic mass is 16.7. The predicted octanol–water partition coefficient (Wildman–Crippen LogP) is -0.166. The van der Waals surface area contributed by atoms with Crippen LogP contribution in [-0.2, 0) is 16.1 Å². The van der Waals surface area contributed by atoms with Gasteiger partial charge in [0.2, 0.25) is 5.79 Å². The number of phenols is 1. The van der Waals surface area contributed by atoms with E-state index in [-0.39, 0.29) is 32.2 Å². The molecule has 1 aliphatic carbocycles. The van der Waals surface area contributed by atoms with Gasteiger partial charge in [0.1, 0.15) is 18.1 Å². The largest absolute Gasteiger partial charge is 0.508 e.